The normalized spacial score (nSPS) is 21.6. The van der Waals surface area contributed by atoms with Gasteiger partial charge in [0, 0.05) is 19.6 Å². The zero-order chi connectivity index (χ0) is 21.4. The number of rotatable bonds is 3. The highest BCUT2D eigenvalue weighted by Gasteiger charge is 2.40. The molecule has 3 nitrogen and oxygen atoms in total. The maximum atomic E-state index is 13.5. The number of ketones is 2. The van der Waals surface area contributed by atoms with Crippen LogP contribution in [0, 0.1) is 25.6 Å². The highest BCUT2D eigenvalue weighted by molar-refractivity contribution is 6.31. The second kappa shape index (κ2) is 8.44. The number of carbonyl (C=O) groups is 2. The van der Waals surface area contributed by atoms with E-state index in [0.717, 1.165) is 40.7 Å². The summed E-state index contributed by atoms with van der Waals surface area (Å²) < 4.78 is 18.9. The van der Waals surface area contributed by atoms with E-state index in [4.69, 9.17) is 16.3 Å². The Morgan fingerprint density at radius 3 is 2.33 bits per heavy atom. The molecule has 1 unspecified atom stereocenters. The van der Waals surface area contributed by atoms with Gasteiger partial charge in [0.25, 0.3) is 0 Å². The first kappa shape index (κ1) is 21.0. The number of ether oxygens (including phenoxy) is 1. The van der Waals surface area contributed by atoms with Crippen molar-refractivity contribution in [1.29, 1.82) is 0 Å². The lowest BCUT2D eigenvalue weighted by Crippen LogP contribution is -2.17. The number of halogens is 2. The molecular formula is C25H24ClFO3. The van der Waals surface area contributed by atoms with Crippen molar-refractivity contribution in [2.24, 2.45) is 5.92 Å². The third kappa shape index (κ3) is 3.99. The summed E-state index contributed by atoms with van der Waals surface area (Å²) in [6, 6.07) is 8.48. The third-order valence-corrected chi connectivity index (χ3v) is 6.39. The number of benzene rings is 2. The summed E-state index contributed by atoms with van der Waals surface area (Å²) in [4.78, 5) is 26.0. The van der Waals surface area contributed by atoms with E-state index < -0.39 is 11.7 Å². The van der Waals surface area contributed by atoms with Crippen molar-refractivity contribution in [3.63, 3.8) is 0 Å². The fourth-order valence-electron chi connectivity index (χ4n) is 4.58. The van der Waals surface area contributed by atoms with Gasteiger partial charge in [-0.05, 0) is 78.1 Å². The molecule has 1 saturated heterocycles. The summed E-state index contributed by atoms with van der Waals surface area (Å²) in [6.07, 6.45) is 3.99. The topological polar surface area (TPSA) is 43.4 Å². The fraction of sp³-hybridized carbons (Fsp3) is 0.360. The molecular weight excluding hydrogens is 403 g/mol. The van der Waals surface area contributed by atoms with Crippen molar-refractivity contribution in [2.45, 2.75) is 39.0 Å². The number of hydrogen-bond acceptors (Lipinski definition) is 3. The number of allylic oxidation sites excluding steroid dienone is 2. The van der Waals surface area contributed by atoms with Gasteiger partial charge in [0.1, 0.15) is 11.7 Å². The molecule has 1 atom stereocenters. The summed E-state index contributed by atoms with van der Waals surface area (Å²) in [5.74, 6) is -1.01. The van der Waals surface area contributed by atoms with Crippen molar-refractivity contribution in [2.75, 3.05) is 13.2 Å². The zero-order valence-corrected chi connectivity index (χ0v) is 17.9. The number of hydrogen-bond donors (Lipinski definition) is 0. The monoisotopic (exact) mass is 426 g/mol. The lowest BCUT2D eigenvalue weighted by Gasteiger charge is -2.19. The second-order valence-corrected chi connectivity index (χ2v) is 8.64. The average Bonchev–Trinajstić information content (AvgIpc) is 2.98. The van der Waals surface area contributed by atoms with Gasteiger partial charge < -0.3 is 4.74 Å². The van der Waals surface area contributed by atoms with Gasteiger partial charge in [-0.3, -0.25) is 9.59 Å². The number of aryl methyl sites for hydroxylation is 2. The van der Waals surface area contributed by atoms with Gasteiger partial charge in [0.2, 0.25) is 0 Å². The molecule has 1 heterocycles. The number of carbonyl (C=O) groups excluding carboxylic acids is 2. The van der Waals surface area contributed by atoms with Crippen LogP contribution in [-0.2, 0) is 14.3 Å². The predicted octanol–water partition coefficient (Wildman–Crippen LogP) is 5.74. The molecule has 4 rings (SSSR count). The van der Waals surface area contributed by atoms with Gasteiger partial charge in [0.15, 0.2) is 11.6 Å². The summed E-state index contributed by atoms with van der Waals surface area (Å²) >= 11 is 5.93. The first-order valence-electron chi connectivity index (χ1n) is 10.3. The molecule has 0 amide bonds. The van der Waals surface area contributed by atoms with E-state index >= 15 is 0 Å². The van der Waals surface area contributed by atoms with Crippen LogP contribution in [0.1, 0.15) is 41.9 Å². The minimum atomic E-state index is -0.734. The minimum absolute atomic E-state index is 0.0397. The third-order valence-electron chi connectivity index (χ3n) is 6.10. The molecule has 0 aromatic heterocycles. The van der Waals surface area contributed by atoms with Crippen molar-refractivity contribution in [3.05, 3.63) is 69.5 Å². The van der Waals surface area contributed by atoms with Crippen molar-refractivity contribution in [3.8, 4) is 11.1 Å². The molecule has 0 radical (unpaired) electrons. The van der Waals surface area contributed by atoms with E-state index in [-0.39, 0.29) is 23.0 Å². The van der Waals surface area contributed by atoms with Crippen LogP contribution in [0.25, 0.3) is 11.1 Å². The van der Waals surface area contributed by atoms with Crippen LogP contribution in [0.5, 0.6) is 0 Å². The van der Waals surface area contributed by atoms with E-state index in [1.54, 1.807) is 12.1 Å². The molecule has 1 aliphatic heterocycles. The van der Waals surface area contributed by atoms with Gasteiger partial charge in [-0.2, -0.15) is 0 Å². The van der Waals surface area contributed by atoms with Crippen LogP contribution in [0.3, 0.4) is 0 Å². The maximum absolute atomic E-state index is 13.5. The first-order valence-corrected chi connectivity index (χ1v) is 10.6. The molecule has 2 aromatic carbocycles. The molecule has 0 N–H and O–H groups in total. The van der Waals surface area contributed by atoms with Gasteiger partial charge in [-0.15, -0.1) is 0 Å². The van der Waals surface area contributed by atoms with Gasteiger partial charge in [-0.25, -0.2) is 4.39 Å². The summed E-state index contributed by atoms with van der Waals surface area (Å²) in [5.41, 5.74) is 4.87. The van der Waals surface area contributed by atoms with E-state index in [9.17, 15) is 14.0 Å². The molecule has 0 bridgehead atoms. The lowest BCUT2D eigenvalue weighted by atomic mass is 9.85. The summed E-state index contributed by atoms with van der Waals surface area (Å²) in [5, 5.41) is 0.0657. The van der Waals surface area contributed by atoms with Crippen LogP contribution in [0.15, 0.2) is 42.0 Å². The van der Waals surface area contributed by atoms with E-state index in [0.29, 0.717) is 24.7 Å². The summed E-state index contributed by atoms with van der Waals surface area (Å²) in [7, 11) is 0. The Labute approximate surface area is 180 Å². The second-order valence-electron chi connectivity index (χ2n) is 8.23. The van der Waals surface area contributed by atoms with Crippen molar-refractivity contribution >= 4 is 23.2 Å². The lowest BCUT2D eigenvalue weighted by molar-refractivity contribution is -0.123. The Balaban J connectivity index is 1.66. The van der Waals surface area contributed by atoms with Crippen LogP contribution in [0.2, 0.25) is 5.02 Å². The van der Waals surface area contributed by atoms with Crippen LogP contribution >= 0.6 is 11.6 Å². The van der Waals surface area contributed by atoms with E-state index in [2.05, 4.69) is 0 Å². The van der Waals surface area contributed by atoms with Crippen LogP contribution in [-0.4, -0.2) is 24.8 Å². The predicted molar refractivity (Wildman–Crippen MR) is 115 cm³/mol. The SMILES string of the molecule is Cc1cc(-c2ccc(F)c(Cl)c2)cc(C)c1C1C(=O)CC(=CC2CCOCC2)C1=O. The van der Waals surface area contributed by atoms with Gasteiger partial charge >= 0.3 is 0 Å². The Kier molecular flexibility index (Phi) is 5.90. The Hall–Kier alpha value is -2.30. The molecule has 1 aliphatic carbocycles. The Morgan fingerprint density at radius 2 is 1.70 bits per heavy atom. The van der Waals surface area contributed by atoms with Crippen LogP contribution < -0.4 is 0 Å². The molecule has 30 heavy (non-hydrogen) atoms. The molecule has 2 aromatic rings. The zero-order valence-electron chi connectivity index (χ0n) is 17.1. The molecule has 1 saturated carbocycles. The first-order chi connectivity index (χ1) is 14.3. The highest BCUT2D eigenvalue weighted by atomic mass is 35.5. The van der Waals surface area contributed by atoms with Crippen molar-refractivity contribution < 1.29 is 18.7 Å². The summed E-state index contributed by atoms with van der Waals surface area (Å²) in [6.45, 7) is 5.23. The molecule has 2 aliphatic rings. The standard InChI is InChI=1S/C25H24ClFO3/c1-14-9-18(17-3-4-21(27)20(26)12-17)10-15(2)23(14)24-22(28)13-19(25(24)29)11-16-5-7-30-8-6-16/h3-4,9-12,16,24H,5-8,13H2,1-2H3. The van der Waals surface area contributed by atoms with Crippen LogP contribution in [0.4, 0.5) is 4.39 Å². The Morgan fingerprint density at radius 1 is 1.03 bits per heavy atom. The van der Waals surface area contributed by atoms with E-state index in [1.807, 2.05) is 32.1 Å². The van der Waals surface area contributed by atoms with Gasteiger partial charge in [0.05, 0.1) is 5.02 Å². The minimum Gasteiger partial charge on any atom is -0.381 e. The van der Waals surface area contributed by atoms with Crippen molar-refractivity contribution in [1.82, 2.24) is 0 Å². The molecule has 156 valence electrons. The average molecular weight is 427 g/mol. The highest BCUT2D eigenvalue weighted by Crippen LogP contribution is 2.38. The number of Topliss-reactive ketones (excluding diaryl/α,β-unsaturated/α-hetero) is 2. The molecule has 0 spiro atoms. The quantitative estimate of drug-likeness (QED) is 0.464. The molecule has 2 fully saturated rings. The van der Waals surface area contributed by atoms with E-state index in [1.165, 1.54) is 6.07 Å². The maximum Gasteiger partial charge on any atom is 0.173 e. The smallest absolute Gasteiger partial charge is 0.173 e. The largest absolute Gasteiger partial charge is 0.381 e. The Bertz CT molecular complexity index is 1030. The van der Waals surface area contributed by atoms with Gasteiger partial charge in [-0.1, -0.05) is 35.9 Å². The molecule has 5 heteroatoms. The fourth-order valence-corrected chi connectivity index (χ4v) is 4.76.